The van der Waals surface area contributed by atoms with Crippen LogP contribution in [0.25, 0.3) is 0 Å². The molecule has 0 saturated carbocycles. The highest BCUT2D eigenvalue weighted by atomic mass is 35.5. The van der Waals surface area contributed by atoms with Gasteiger partial charge in [-0.1, -0.05) is 0 Å². The van der Waals surface area contributed by atoms with Gasteiger partial charge in [-0.25, -0.2) is 0 Å². The second-order valence-corrected chi connectivity index (χ2v) is 5.22. The van der Waals surface area contributed by atoms with Crippen molar-refractivity contribution >= 4 is 18.3 Å². The Morgan fingerprint density at radius 2 is 1.96 bits per heavy atom. The zero-order valence-electron chi connectivity index (χ0n) is 13.5. The lowest BCUT2D eigenvalue weighted by Crippen LogP contribution is -2.34. The summed E-state index contributed by atoms with van der Waals surface area (Å²) in [6.07, 6.45) is -0.403. The molecule has 6 nitrogen and oxygen atoms in total. The van der Waals surface area contributed by atoms with Crippen LogP contribution >= 0.6 is 12.4 Å². The molecule has 1 aliphatic rings. The number of hydrogen-bond donors (Lipinski definition) is 3. The number of carbonyl (C=O) groups is 1. The van der Waals surface area contributed by atoms with Gasteiger partial charge in [-0.2, -0.15) is 0 Å². The van der Waals surface area contributed by atoms with Crippen LogP contribution in [0.15, 0.2) is 18.2 Å². The van der Waals surface area contributed by atoms with Crippen molar-refractivity contribution in [1.82, 2.24) is 10.6 Å². The maximum atomic E-state index is 12.2. The molecule has 0 aromatic heterocycles. The normalized spacial score (nSPS) is 19.8. The van der Waals surface area contributed by atoms with E-state index in [4.69, 9.17) is 9.47 Å². The molecule has 23 heavy (non-hydrogen) atoms. The Bertz CT molecular complexity index is 513. The van der Waals surface area contributed by atoms with Crippen LogP contribution in [0.1, 0.15) is 24.2 Å². The molecule has 2 atom stereocenters. The van der Waals surface area contributed by atoms with E-state index in [0.29, 0.717) is 43.4 Å². The van der Waals surface area contributed by atoms with Crippen LogP contribution in [0.2, 0.25) is 0 Å². The number of aliphatic hydroxyl groups is 1. The van der Waals surface area contributed by atoms with E-state index in [-0.39, 0.29) is 24.2 Å². The Morgan fingerprint density at radius 3 is 2.57 bits per heavy atom. The quantitative estimate of drug-likeness (QED) is 0.693. The first-order valence-corrected chi connectivity index (χ1v) is 7.72. The maximum Gasteiger partial charge on any atom is 0.251 e. The van der Waals surface area contributed by atoms with Gasteiger partial charge >= 0.3 is 0 Å². The van der Waals surface area contributed by atoms with Crippen molar-refractivity contribution in [3.8, 4) is 11.5 Å². The molecule has 7 heteroatoms. The molecule has 0 radical (unpaired) electrons. The van der Waals surface area contributed by atoms with Gasteiger partial charge in [0.05, 0.1) is 19.3 Å². The average Bonchev–Trinajstić information content (AvgIpc) is 2.92. The van der Waals surface area contributed by atoms with Crippen LogP contribution in [-0.4, -0.2) is 50.0 Å². The summed E-state index contributed by atoms with van der Waals surface area (Å²) in [7, 11) is 0. The molecule has 0 bridgehead atoms. The van der Waals surface area contributed by atoms with Crippen molar-refractivity contribution < 1.29 is 19.4 Å². The summed E-state index contributed by atoms with van der Waals surface area (Å²) in [5.41, 5.74) is 0.521. The van der Waals surface area contributed by atoms with Crippen LogP contribution in [0.4, 0.5) is 0 Å². The second kappa shape index (κ2) is 9.60. The highest BCUT2D eigenvalue weighted by molar-refractivity contribution is 5.94. The van der Waals surface area contributed by atoms with Crippen LogP contribution in [0, 0.1) is 5.92 Å². The zero-order chi connectivity index (χ0) is 15.9. The Labute approximate surface area is 143 Å². The number of nitrogens with one attached hydrogen (secondary N) is 2. The lowest BCUT2D eigenvalue weighted by molar-refractivity contribution is 0.0926. The smallest absolute Gasteiger partial charge is 0.251 e. The van der Waals surface area contributed by atoms with Crippen LogP contribution in [0.3, 0.4) is 0 Å². The minimum Gasteiger partial charge on any atom is -0.490 e. The molecule has 1 heterocycles. The first-order chi connectivity index (χ1) is 10.7. The number of amides is 1. The fourth-order valence-corrected chi connectivity index (χ4v) is 2.45. The van der Waals surface area contributed by atoms with E-state index in [9.17, 15) is 9.90 Å². The summed E-state index contributed by atoms with van der Waals surface area (Å²) in [4.78, 5) is 12.2. The first-order valence-electron chi connectivity index (χ1n) is 7.72. The van der Waals surface area contributed by atoms with E-state index >= 15 is 0 Å². The summed E-state index contributed by atoms with van der Waals surface area (Å²) in [6.45, 7) is 6.58. The Kier molecular flexibility index (Phi) is 8.16. The number of hydrogen-bond acceptors (Lipinski definition) is 5. The largest absolute Gasteiger partial charge is 0.490 e. The number of halogens is 1. The van der Waals surface area contributed by atoms with Gasteiger partial charge < -0.3 is 25.2 Å². The third-order valence-electron chi connectivity index (χ3n) is 3.63. The molecule has 2 rings (SSSR count). The van der Waals surface area contributed by atoms with Crippen LogP contribution in [-0.2, 0) is 0 Å². The Balaban J connectivity index is 0.00000264. The number of aliphatic hydroxyl groups excluding tert-OH is 1. The third kappa shape index (κ3) is 5.27. The summed E-state index contributed by atoms with van der Waals surface area (Å²) in [6, 6.07) is 5.15. The molecular formula is C16H25ClN2O4. The standard InChI is InChI=1S/C16H24N2O4.ClH/c1-3-21-14-6-5-11(7-15(14)22-4-2)16(20)18-9-12-8-17-10-13(12)19;/h5-7,12-13,17,19H,3-4,8-10H2,1-2H3,(H,18,20);1H. The molecule has 1 aromatic rings. The Morgan fingerprint density at radius 1 is 1.26 bits per heavy atom. The molecule has 1 amide bonds. The third-order valence-corrected chi connectivity index (χ3v) is 3.63. The minimum absolute atomic E-state index is 0. The van der Waals surface area contributed by atoms with Crippen LogP contribution < -0.4 is 20.1 Å². The van der Waals surface area contributed by atoms with Crippen molar-refractivity contribution in [3.05, 3.63) is 23.8 Å². The lowest BCUT2D eigenvalue weighted by Gasteiger charge is -2.15. The Hall–Kier alpha value is -1.50. The summed E-state index contributed by atoms with van der Waals surface area (Å²) >= 11 is 0. The fraction of sp³-hybridized carbons (Fsp3) is 0.562. The van der Waals surface area contributed by atoms with E-state index in [1.165, 1.54) is 0 Å². The molecule has 3 N–H and O–H groups in total. The number of benzene rings is 1. The SMILES string of the molecule is CCOc1ccc(C(=O)NCC2CNCC2O)cc1OCC.Cl. The highest BCUT2D eigenvalue weighted by Gasteiger charge is 2.25. The number of β-amino-alcohol motifs (C(OH)–C–C–N with tert-alkyl or cyclic N) is 1. The molecule has 0 aliphatic carbocycles. The van der Waals surface area contributed by atoms with Crippen molar-refractivity contribution in [2.75, 3.05) is 32.8 Å². The summed E-state index contributed by atoms with van der Waals surface area (Å²) in [5, 5.41) is 15.7. The summed E-state index contributed by atoms with van der Waals surface area (Å²) in [5.74, 6) is 1.08. The zero-order valence-corrected chi connectivity index (χ0v) is 14.3. The van der Waals surface area contributed by atoms with Gasteiger partial charge in [0.2, 0.25) is 0 Å². The predicted molar refractivity (Wildman–Crippen MR) is 90.7 cm³/mol. The number of carbonyl (C=O) groups excluding carboxylic acids is 1. The van der Waals surface area contributed by atoms with Crippen LogP contribution in [0.5, 0.6) is 11.5 Å². The average molecular weight is 345 g/mol. The molecule has 1 saturated heterocycles. The van der Waals surface area contributed by atoms with Gasteiger partial charge in [0.1, 0.15) is 0 Å². The fourth-order valence-electron chi connectivity index (χ4n) is 2.45. The van der Waals surface area contributed by atoms with Crippen molar-refractivity contribution in [2.45, 2.75) is 20.0 Å². The molecule has 1 fully saturated rings. The molecule has 0 spiro atoms. The van der Waals surface area contributed by atoms with Gasteiger partial charge in [-0.3, -0.25) is 4.79 Å². The van der Waals surface area contributed by atoms with E-state index in [1.807, 2.05) is 13.8 Å². The molecular weight excluding hydrogens is 320 g/mol. The van der Waals surface area contributed by atoms with Gasteiger partial charge in [-0.15, -0.1) is 12.4 Å². The maximum absolute atomic E-state index is 12.2. The lowest BCUT2D eigenvalue weighted by atomic mass is 10.1. The second-order valence-electron chi connectivity index (χ2n) is 5.22. The predicted octanol–water partition coefficient (Wildman–Crippen LogP) is 1.22. The molecule has 1 aromatic carbocycles. The van der Waals surface area contributed by atoms with Crippen molar-refractivity contribution in [1.29, 1.82) is 0 Å². The summed E-state index contributed by atoms with van der Waals surface area (Å²) < 4.78 is 11.0. The van der Waals surface area contributed by atoms with E-state index in [2.05, 4.69) is 10.6 Å². The topological polar surface area (TPSA) is 79.8 Å². The van der Waals surface area contributed by atoms with Crippen molar-refractivity contribution in [3.63, 3.8) is 0 Å². The monoisotopic (exact) mass is 344 g/mol. The number of rotatable bonds is 7. The first kappa shape index (κ1) is 19.5. The number of ether oxygens (including phenoxy) is 2. The van der Waals surface area contributed by atoms with Gasteiger partial charge in [-0.05, 0) is 32.0 Å². The molecule has 2 unspecified atom stereocenters. The minimum atomic E-state index is -0.403. The van der Waals surface area contributed by atoms with E-state index in [0.717, 1.165) is 6.54 Å². The van der Waals surface area contributed by atoms with E-state index < -0.39 is 6.10 Å². The highest BCUT2D eigenvalue weighted by Crippen LogP contribution is 2.28. The van der Waals surface area contributed by atoms with Gasteiger partial charge in [0, 0.05) is 31.1 Å². The van der Waals surface area contributed by atoms with Crippen molar-refractivity contribution in [2.24, 2.45) is 5.92 Å². The van der Waals surface area contributed by atoms with E-state index in [1.54, 1.807) is 18.2 Å². The molecule has 1 aliphatic heterocycles. The molecule has 130 valence electrons. The van der Waals surface area contributed by atoms with Gasteiger partial charge in [0.15, 0.2) is 11.5 Å². The van der Waals surface area contributed by atoms with Gasteiger partial charge in [0.25, 0.3) is 5.91 Å².